The number of amides is 1. The summed E-state index contributed by atoms with van der Waals surface area (Å²) in [5.74, 6) is 1.00. The molecule has 6 nitrogen and oxygen atoms in total. The van der Waals surface area contributed by atoms with E-state index in [9.17, 15) is 4.79 Å². The molecule has 1 fully saturated rings. The quantitative estimate of drug-likeness (QED) is 0.736. The van der Waals surface area contributed by atoms with Gasteiger partial charge in [-0.2, -0.15) is 0 Å². The third-order valence-electron chi connectivity index (χ3n) is 3.71. The van der Waals surface area contributed by atoms with Gasteiger partial charge in [-0.15, -0.1) is 11.3 Å². The maximum Gasteiger partial charge on any atom is 0.410 e. The molecule has 3 rings (SSSR count). The largest absolute Gasteiger partial charge is 0.465 e. The van der Waals surface area contributed by atoms with Crippen LogP contribution in [0.5, 0.6) is 0 Å². The number of hydrogen-bond donors (Lipinski definition) is 3. The maximum absolute atomic E-state index is 10.8. The second-order valence-corrected chi connectivity index (χ2v) is 6.87. The zero-order chi connectivity index (χ0) is 14.3. The number of thioether (sulfide) groups is 1. The molecule has 0 aromatic carbocycles. The number of ether oxygens (including phenoxy) is 1. The highest BCUT2D eigenvalue weighted by atomic mass is 32.2. The lowest BCUT2D eigenvalue weighted by molar-refractivity contribution is 0.108. The average molecular weight is 313 g/mol. The molecule has 0 aliphatic carbocycles. The third kappa shape index (κ3) is 2.17. The Balaban J connectivity index is 2.03. The molecule has 1 saturated heterocycles. The zero-order valence-electron chi connectivity index (χ0n) is 10.8. The fourth-order valence-electron chi connectivity index (χ4n) is 2.68. The molecule has 8 heteroatoms. The molecule has 108 valence electrons. The number of rotatable bonds is 1. The van der Waals surface area contributed by atoms with Crippen LogP contribution in [0.1, 0.15) is 11.8 Å². The Morgan fingerprint density at radius 1 is 1.70 bits per heavy atom. The first-order valence-electron chi connectivity index (χ1n) is 6.20. The molecule has 1 amide bonds. The fraction of sp³-hybridized carbons (Fsp3) is 0.500. The smallest absolute Gasteiger partial charge is 0.410 e. The normalized spacial score (nSPS) is 32.5. The van der Waals surface area contributed by atoms with Crippen LogP contribution in [0.15, 0.2) is 16.4 Å². The summed E-state index contributed by atoms with van der Waals surface area (Å²) < 4.78 is 5.79. The number of aliphatic imine (C=N–C) groups is 1. The van der Waals surface area contributed by atoms with E-state index in [0.717, 1.165) is 10.6 Å². The molecular weight excluding hydrogens is 298 g/mol. The van der Waals surface area contributed by atoms with Crippen LogP contribution in [-0.4, -0.2) is 34.8 Å². The average Bonchev–Trinajstić information content (AvgIpc) is 2.94. The molecule has 3 unspecified atom stereocenters. The van der Waals surface area contributed by atoms with Crippen molar-refractivity contribution in [3.05, 3.63) is 16.3 Å². The van der Waals surface area contributed by atoms with Crippen molar-refractivity contribution >= 4 is 40.0 Å². The van der Waals surface area contributed by atoms with E-state index in [1.165, 1.54) is 11.8 Å². The standard InChI is InChI=1S/C12H15N3O3S2/c1-6-8-4-20-10(14-11(16)17)15-12(8,5-18-6)9-2-7(13)3-19-9/h2-3,6,8H,4-5,13H2,1H3,(H,14,15)(H,16,17). The number of nitrogen functional groups attached to an aromatic ring is 1. The molecule has 3 atom stereocenters. The van der Waals surface area contributed by atoms with Gasteiger partial charge in [0.15, 0.2) is 5.17 Å². The van der Waals surface area contributed by atoms with Crippen LogP contribution in [0.2, 0.25) is 0 Å². The van der Waals surface area contributed by atoms with Gasteiger partial charge in [0, 0.05) is 27.6 Å². The molecule has 2 aliphatic heterocycles. The summed E-state index contributed by atoms with van der Waals surface area (Å²) in [6, 6.07) is 1.91. The van der Waals surface area contributed by atoms with Crippen molar-refractivity contribution in [3.8, 4) is 0 Å². The van der Waals surface area contributed by atoms with E-state index >= 15 is 0 Å². The second-order valence-electron chi connectivity index (χ2n) is 4.95. The van der Waals surface area contributed by atoms with Crippen LogP contribution in [0.4, 0.5) is 10.5 Å². The van der Waals surface area contributed by atoms with E-state index in [1.807, 2.05) is 18.4 Å². The van der Waals surface area contributed by atoms with E-state index in [2.05, 4.69) is 10.3 Å². The predicted molar refractivity (Wildman–Crippen MR) is 80.4 cm³/mol. The number of nitrogens with two attached hydrogens (primary N) is 1. The molecule has 2 aliphatic rings. The van der Waals surface area contributed by atoms with Gasteiger partial charge in [-0.05, 0) is 13.0 Å². The van der Waals surface area contributed by atoms with E-state index in [4.69, 9.17) is 15.6 Å². The first-order chi connectivity index (χ1) is 9.51. The summed E-state index contributed by atoms with van der Waals surface area (Å²) in [7, 11) is 0. The fourth-order valence-corrected chi connectivity index (χ4v) is 4.95. The van der Waals surface area contributed by atoms with Gasteiger partial charge in [0.25, 0.3) is 0 Å². The second kappa shape index (κ2) is 4.94. The number of nitrogens with zero attached hydrogens (tertiary/aromatic N) is 1. The van der Waals surface area contributed by atoms with Crippen molar-refractivity contribution in [1.82, 2.24) is 5.32 Å². The lowest BCUT2D eigenvalue weighted by atomic mass is 9.84. The van der Waals surface area contributed by atoms with E-state index in [-0.39, 0.29) is 12.0 Å². The first kappa shape index (κ1) is 13.7. The molecule has 0 radical (unpaired) electrons. The number of anilines is 1. The van der Waals surface area contributed by atoms with E-state index in [0.29, 0.717) is 17.5 Å². The molecule has 3 heterocycles. The number of carbonyl (C=O) groups is 1. The van der Waals surface area contributed by atoms with Crippen LogP contribution in [0, 0.1) is 5.92 Å². The van der Waals surface area contributed by atoms with Crippen LogP contribution < -0.4 is 11.1 Å². The molecular formula is C12H15N3O3S2. The van der Waals surface area contributed by atoms with E-state index in [1.54, 1.807) is 11.3 Å². The minimum atomic E-state index is -1.09. The van der Waals surface area contributed by atoms with Crippen molar-refractivity contribution in [2.75, 3.05) is 18.1 Å². The summed E-state index contributed by atoms with van der Waals surface area (Å²) in [4.78, 5) is 16.5. The maximum atomic E-state index is 10.8. The van der Waals surface area contributed by atoms with Gasteiger partial charge in [-0.3, -0.25) is 5.32 Å². The number of carboxylic acid groups (broad SMARTS) is 1. The van der Waals surface area contributed by atoms with Crippen molar-refractivity contribution in [1.29, 1.82) is 0 Å². The Hall–Kier alpha value is -1.25. The third-order valence-corrected chi connectivity index (χ3v) is 5.82. The summed E-state index contributed by atoms with van der Waals surface area (Å²) in [6.45, 7) is 2.50. The van der Waals surface area contributed by atoms with Crippen molar-refractivity contribution in [2.24, 2.45) is 10.9 Å². The Kier molecular flexibility index (Phi) is 3.39. The lowest BCUT2D eigenvalue weighted by Gasteiger charge is -2.34. The number of nitrogens with one attached hydrogen (secondary N) is 1. The predicted octanol–water partition coefficient (Wildman–Crippen LogP) is 1.93. The summed E-state index contributed by atoms with van der Waals surface area (Å²) in [5, 5.41) is 13.5. The molecule has 0 spiro atoms. The SMILES string of the molecule is CC1OCC2(c3cc(N)cs3)N=C(NC(=O)O)SCC12. The zero-order valence-corrected chi connectivity index (χ0v) is 12.5. The van der Waals surface area contributed by atoms with Gasteiger partial charge >= 0.3 is 6.09 Å². The Labute approximate surface area is 124 Å². The van der Waals surface area contributed by atoms with Crippen molar-refractivity contribution in [2.45, 2.75) is 18.6 Å². The number of thiophene rings is 1. The molecule has 0 saturated carbocycles. The summed E-state index contributed by atoms with van der Waals surface area (Å²) in [6.07, 6.45) is -0.997. The number of fused-ring (bicyclic) bond motifs is 1. The molecule has 1 aromatic rings. The topological polar surface area (TPSA) is 96.9 Å². The highest BCUT2D eigenvalue weighted by Crippen LogP contribution is 2.49. The van der Waals surface area contributed by atoms with Gasteiger partial charge in [0.2, 0.25) is 0 Å². The van der Waals surface area contributed by atoms with Gasteiger partial charge < -0.3 is 15.6 Å². The summed E-state index contributed by atoms with van der Waals surface area (Å²) >= 11 is 2.97. The Morgan fingerprint density at radius 2 is 2.50 bits per heavy atom. The minimum absolute atomic E-state index is 0.0981. The Bertz CT molecular complexity index is 574. The van der Waals surface area contributed by atoms with Crippen LogP contribution >= 0.6 is 23.1 Å². The van der Waals surface area contributed by atoms with Gasteiger partial charge in [0.1, 0.15) is 5.54 Å². The molecule has 4 N–H and O–H groups in total. The molecule has 1 aromatic heterocycles. The monoisotopic (exact) mass is 313 g/mol. The highest BCUT2D eigenvalue weighted by Gasteiger charge is 2.52. The van der Waals surface area contributed by atoms with Crippen molar-refractivity contribution < 1.29 is 14.6 Å². The van der Waals surface area contributed by atoms with Crippen LogP contribution in [0.25, 0.3) is 0 Å². The highest BCUT2D eigenvalue weighted by molar-refractivity contribution is 8.13. The van der Waals surface area contributed by atoms with Crippen LogP contribution in [0.3, 0.4) is 0 Å². The number of amidine groups is 1. The van der Waals surface area contributed by atoms with Gasteiger partial charge in [-0.1, -0.05) is 11.8 Å². The minimum Gasteiger partial charge on any atom is -0.465 e. The number of hydrogen-bond acceptors (Lipinski definition) is 6. The lowest BCUT2D eigenvalue weighted by Crippen LogP contribution is -2.42. The van der Waals surface area contributed by atoms with Crippen LogP contribution in [-0.2, 0) is 10.3 Å². The van der Waals surface area contributed by atoms with E-state index < -0.39 is 11.6 Å². The van der Waals surface area contributed by atoms with Gasteiger partial charge in [-0.25, -0.2) is 9.79 Å². The molecule has 20 heavy (non-hydrogen) atoms. The summed E-state index contributed by atoms with van der Waals surface area (Å²) in [5.41, 5.74) is 6.02. The van der Waals surface area contributed by atoms with Gasteiger partial charge in [0.05, 0.1) is 12.7 Å². The molecule has 0 bridgehead atoms. The first-order valence-corrected chi connectivity index (χ1v) is 8.06. The van der Waals surface area contributed by atoms with Crippen molar-refractivity contribution in [3.63, 3.8) is 0 Å². The Morgan fingerprint density at radius 3 is 3.15 bits per heavy atom.